The van der Waals surface area contributed by atoms with E-state index in [0.29, 0.717) is 63.0 Å². The summed E-state index contributed by atoms with van der Waals surface area (Å²) < 4.78 is 22.5. The molecular formula is C36H49N5O13. The van der Waals surface area contributed by atoms with Crippen LogP contribution in [-0.2, 0) is 9.47 Å². The van der Waals surface area contributed by atoms with E-state index < -0.39 is 39.0 Å². The molecule has 3 N–H and O–H groups in total. The number of carboxylic acids is 1. The standard InChI is InChI=1S/C18H25N3O6.C18H24N2O7/c1-11-9-12(21(24)25)10-14(16(19)22)15(11)26-13-5-7-20(8-6-13)17(23)27-18(2,3)4;1-11-9-12(20(24)25)10-14(16(21)22)15(11)26-13-5-7-19(8-6-13)17(23)27-18(2,3)4/h9-10,13H,5-8H2,1-4H3,(H2,19,22);9-10,13H,5-8H2,1-4H3,(H,21,22). The first-order chi connectivity index (χ1) is 25.0. The van der Waals surface area contributed by atoms with Crippen LogP contribution in [0.1, 0.15) is 99.1 Å². The van der Waals surface area contributed by atoms with Crippen LogP contribution in [0.3, 0.4) is 0 Å². The van der Waals surface area contributed by atoms with Crippen molar-refractivity contribution in [3.05, 3.63) is 66.7 Å². The lowest BCUT2D eigenvalue weighted by atomic mass is 10.1. The molecule has 2 fully saturated rings. The van der Waals surface area contributed by atoms with E-state index in [1.54, 1.807) is 44.4 Å². The van der Waals surface area contributed by atoms with Gasteiger partial charge in [0.2, 0.25) is 0 Å². The summed E-state index contributed by atoms with van der Waals surface area (Å²) in [6, 6.07) is 4.76. The first-order valence-corrected chi connectivity index (χ1v) is 17.4. The summed E-state index contributed by atoms with van der Waals surface area (Å²) in [4.78, 5) is 71.3. The van der Waals surface area contributed by atoms with Crippen molar-refractivity contribution in [3.8, 4) is 11.5 Å². The molecular weight excluding hydrogens is 710 g/mol. The molecule has 18 nitrogen and oxygen atoms in total. The maximum atomic E-state index is 12.1. The van der Waals surface area contributed by atoms with Crippen molar-refractivity contribution in [2.75, 3.05) is 26.2 Å². The number of carbonyl (C=O) groups excluding carboxylic acids is 3. The summed E-state index contributed by atoms with van der Waals surface area (Å²) in [7, 11) is 0. The van der Waals surface area contributed by atoms with Crippen LogP contribution in [-0.4, -0.2) is 98.4 Å². The summed E-state index contributed by atoms with van der Waals surface area (Å²) in [6.45, 7) is 15.8. The van der Waals surface area contributed by atoms with E-state index in [0.717, 1.165) is 12.1 Å². The molecule has 2 aliphatic heterocycles. The molecule has 2 saturated heterocycles. The van der Waals surface area contributed by atoms with Crippen molar-refractivity contribution >= 4 is 35.4 Å². The Morgan fingerprint density at radius 1 is 0.685 bits per heavy atom. The van der Waals surface area contributed by atoms with E-state index in [-0.39, 0.29) is 52.3 Å². The number of nitrogens with zero attached hydrogens (tertiary/aromatic N) is 4. The normalized spacial score (nSPS) is 15.3. The quantitative estimate of drug-likeness (QED) is 0.226. The smallest absolute Gasteiger partial charge is 0.410 e. The zero-order chi connectivity index (χ0) is 40.7. The van der Waals surface area contributed by atoms with Gasteiger partial charge in [-0.05, 0) is 66.5 Å². The number of ether oxygens (including phenoxy) is 4. The summed E-state index contributed by atoms with van der Waals surface area (Å²) in [5, 5.41) is 31.3. The van der Waals surface area contributed by atoms with Gasteiger partial charge in [0.05, 0.1) is 15.4 Å². The molecule has 3 amide bonds. The predicted octanol–water partition coefficient (Wildman–Crippen LogP) is 6.16. The van der Waals surface area contributed by atoms with Gasteiger partial charge in [0.25, 0.3) is 17.3 Å². The van der Waals surface area contributed by atoms with Crippen LogP contribution in [0.15, 0.2) is 24.3 Å². The molecule has 0 radical (unpaired) electrons. The highest BCUT2D eigenvalue weighted by atomic mass is 16.6. The van der Waals surface area contributed by atoms with Crippen molar-refractivity contribution in [2.45, 2.75) is 104 Å². The Bertz CT molecular complexity index is 1620. The fourth-order valence-electron chi connectivity index (χ4n) is 5.67. The van der Waals surface area contributed by atoms with Crippen LogP contribution in [0, 0.1) is 34.1 Å². The Balaban J connectivity index is 0.000000290. The molecule has 0 unspecified atom stereocenters. The highest BCUT2D eigenvalue weighted by molar-refractivity contribution is 5.97. The number of aryl methyl sites for hydroxylation is 2. The lowest BCUT2D eigenvalue weighted by Gasteiger charge is -2.34. The Hall–Kier alpha value is -5.68. The molecule has 54 heavy (non-hydrogen) atoms. The number of rotatable bonds is 8. The molecule has 18 heteroatoms. The van der Waals surface area contributed by atoms with E-state index in [2.05, 4.69) is 0 Å². The number of amides is 3. The van der Waals surface area contributed by atoms with Gasteiger partial charge in [0.15, 0.2) is 0 Å². The van der Waals surface area contributed by atoms with Crippen molar-refractivity contribution < 1.29 is 53.1 Å². The van der Waals surface area contributed by atoms with Gasteiger partial charge >= 0.3 is 18.2 Å². The SMILES string of the molecule is Cc1cc([N+](=O)[O-])cc(C(=O)O)c1OC1CCN(C(=O)OC(C)(C)C)CC1.Cc1cc([N+](=O)[O-])cc(C(N)=O)c1OC1CCN(C(=O)OC(C)(C)C)CC1. The number of nitro benzene ring substituents is 2. The van der Waals surface area contributed by atoms with Gasteiger partial charge in [-0.25, -0.2) is 14.4 Å². The second-order valence-corrected chi connectivity index (χ2v) is 15.0. The van der Waals surface area contributed by atoms with Gasteiger partial charge in [0, 0.05) is 76.1 Å². The zero-order valence-corrected chi connectivity index (χ0v) is 31.8. The number of hydrogen-bond donors (Lipinski definition) is 2. The molecule has 2 heterocycles. The Morgan fingerprint density at radius 2 is 1.02 bits per heavy atom. The molecule has 4 rings (SSSR count). The molecule has 2 aromatic rings. The van der Waals surface area contributed by atoms with Gasteiger partial charge in [-0.15, -0.1) is 0 Å². The van der Waals surface area contributed by atoms with Crippen LogP contribution in [0.5, 0.6) is 11.5 Å². The predicted molar refractivity (Wildman–Crippen MR) is 194 cm³/mol. The third kappa shape index (κ3) is 12.2. The molecule has 2 aromatic carbocycles. The number of carboxylic acid groups (broad SMARTS) is 1. The average molecular weight is 760 g/mol. The lowest BCUT2D eigenvalue weighted by molar-refractivity contribution is -0.385. The molecule has 0 spiro atoms. The van der Waals surface area contributed by atoms with Crippen molar-refractivity contribution in [1.82, 2.24) is 9.80 Å². The minimum absolute atomic E-state index is 0.0173. The van der Waals surface area contributed by atoms with Crippen LogP contribution in [0.25, 0.3) is 0 Å². The third-order valence-electron chi connectivity index (χ3n) is 8.19. The van der Waals surface area contributed by atoms with Gasteiger partial charge in [-0.2, -0.15) is 0 Å². The number of nitrogens with two attached hydrogens (primary N) is 1. The number of piperidine rings is 2. The van der Waals surface area contributed by atoms with Gasteiger partial charge in [-0.1, -0.05) is 0 Å². The molecule has 296 valence electrons. The first kappa shape index (κ1) is 42.7. The largest absolute Gasteiger partial charge is 0.489 e. The van der Waals surface area contributed by atoms with Crippen LogP contribution < -0.4 is 15.2 Å². The van der Waals surface area contributed by atoms with Crippen molar-refractivity contribution in [3.63, 3.8) is 0 Å². The second kappa shape index (κ2) is 17.4. The number of carbonyl (C=O) groups is 4. The first-order valence-electron chi connectivity index (χ1n) is 17.4. The number of aromatic carboxylic acids is 1. The number of benzene rings is 2. The van der Waals surface area contributed by atoms with Crippen molar-refractivity contribution in [2.24, 2.45) is 5.73 Å². The van der Waals surface area contributed by atoms with Gasteiger partial charge in [0.1, 0.15) is 40.5 Å². The Kier molecular flexibility index (Phi) is 13.8. The number of likely N-dealkylation sites (tertiary alicyclic amines) is 2. The maximum absolute atomic E-state index is 12.1. The van der Waals surface area contributed by atoms with E-state index in [4.69, 9.17) is 24.7 Å². The van der Waals surface area contributed by atoms with Crippen molar-refractivity contribution in [1.29, 1.82) is 0 Å². The average Bonchev–Trinajstić information content (AvgIpc) is 3.05. The zero-order valence-electron chi connectivity index (χ0n) is 31.8. The topological polar surface area (TPSA) is 244 Å². The Morgan fingerprint density at radius 3 is 1.31 bits per heavy atom. The summed E-state index contributed by atoms with van der Waals surface area (Å²) in [5.41, 5.74) is 4.32. The van der Waals surface area contributed by atoms with Crippen LogP contribution in [0.4, 0.5) is 21.0 Å². The van der Waals surface area contributed by atoms with E-state index >= 15 is 0 Å². The third-order valence-corrected chi connectivity index (χ3v) is 8.19. The molecule has 0 saturated carbocycles. The monoisotopic (exact) mass is 759 g/mol. The van der Waals surface area contributed by atoms with Gasteiger partial charge in [-0.3, -0.25) is 25.0 Å². The lowest BCUT2D eigenvalue weighted by Crippen LogP contribution is -2.44. The fraction of sp³-hybridized carbons (Fsp3) is 0.556. The highest BCUT2D eigenvalue weighted by Gasteiger charge is 2.31. The highest BCUT2D eigenvalue weighted by Crippen LogP contribution is 2.33. The van der Waals surface area contributed by atoms with E-state index in [1.165, 1.54) is 12.1 Å². The second-order valence-electron chi connectivity index (χ2n) is 15.0. The minimum atomic E-state index is -1.29. The van der Waals surface area contributed by atoms with Crippen LogP contribution >= 0.6 is 0 Å². The molecule has 0 aromatic heterocycles. The summed E-state index contributed by atoms with van der Waals surface area (Å²) in [5.74, 6) is -1.70. The maximum Gasteiger partial charge on any atom is 0.410 e. The molecule has 0 atom stereocenters. The summed E-state index contributed by atoms with van der Waals surface area (Å²) in [6.07, 6.45) is 0.832. The van der Waals surface area contributed by atoms with E-state index in [1.807, 2.05) is 20.8 Å². The number of hydrogen-bond acceptors (Lipinski definition) is 12. The summed E-state index contributed by atoms with van der Waals surface area (Å²) >= 11 is 0. The number of nitro groups is 2. The molecule has 2 aliphatic rings. The Labute approximate surface area is 312 Å². The van der Waals surface area contributed by atoms with E-state index in [9.17, 15) is 44.5 Å². The number of non-ortho nitro benzene ring substituents is 2. The molecule has 0 aliphatic carbocycles. The minimum Gasteiger partial charge on any atom is -0.489 e. The fourth-order valence-corrected chi connectivity index (χ4v) is 5.67. The number of primary amides is 1. The molecule has 0 bridgehead atoms. The van der Waals surface area contributed by atoms with Crippen LogP contribution in [0.2, 0.25) is 0 Å². The van der Waals surface area contributed by atoms with Gasteiger partial charge < -0.3 is 39.6 Å².